The van der Waals surface area contributed by atoms with Crippen LogP contribution in [0.15, 0.2) is 42.5 Å². The number of carbonyl (C=O) groups is 2. The summed E-state index contributed by atoms with van der Waals surface area (Å²) >= 11 is 3.56. The molecule has 0 heterocycles. The summed E-state index contributed by atoms with van der Waals surface area (Å²) in [6.45, 7) is 4.69. The van der Waals surface area contributed by atoms with Crippen molar-refractivity contribution < 1.29 is 24.2 Å². The van der Waals surface area contributed by atoms with Crippen molar-refractivity contribution in [1.29, 1.82) is 0 Å². The molecule has 0 aromatic heterocycles. The van der Waals surface area contributed by atoms with Gasteiger partial charge in [0.25, 0.3) is 0 Å². The van der Waals surface area contributed by atoms with Gasteiger partial charge < -0.3 is 19.9 Å². The predicted molar refractivity (Wildman–Crippen MR) is 143 cm³/mol. The van der Waals surface area contributed by atoms with E-state index in [0.717, 1.165) is 32.1 Å². The number of hydrogen-bond donors (Lipinski definition) is 2. The van der Waals surface area contributed by atoms with E-state index in [0.29, 0.717) is 35.7 Å². The topological polar surface area (TPSA) is 88.1 Å². The lowest BCUT2D eigenvalue weighted by atomic mass is 10.0. The Balaban J connectivity index is 2.59. The van der Waals surface area contributed by atoms with Gasteiger partial charge in [0.1, 0.15) is 11.8 Å². The predicted octanol–water partition coefficient (Wildman–Crippen LogP) is 5.74. The third-order valence-electron chi connectivity index (χ3n) is 5.76. The Morgan fingerprint density at radius 1 is 0.971 bits per heavy atom. The Morgan fingerprint density at radius 3 is 2.23 bits per heavy atom. The van der Waals surface area contributed by atoms with Crippen molar-refractivity contribution in [3.63, 3.8) is 0 Å². The van der Waals surface area contributed by atoms with Gasteiger partial charge in [-0.15, -0.1) is 0 Å². The first-order valence-electron chi connectivity index (χ1n) is 12.1. The number of methoxy groups -OCH3 is 2. The van der Waals surface area contributed by atoms with Crippen LogP contribution in [0.25, 0.3) is 0 Å². The van der Waals surface area contributed by atoms with Crippen LogP contribution >= 0.6 is 15.9 Å². The molecule has 0 aliphatic rings. The van der Waals surface area contributed by atoms with E-state index in [1.807, 2.05) is 0 Å². The molecule has 8 heteroatoms. The summed E-state index contributed by atoms with van der Waals surface area (Å²) in [6.07, 6.45) is 5.35. The van der Waals surface area contributed by atoms with Crippen LogP contribution in [0.1, 0.15) is 64.0 Å². The zero-order valence-electron chi connectivity index (χ0n) is 21.1. The van der Waals surface area contributed by atoms with Crippen molar-refractivity contribution in [3.05, 3.63) is 48.0 Å². The number of aromatic hydroxyl groups is 1. The van der Waals surface area contributed by atoms with Gasteiger partial charge >= 0.3 is 0 Å². The Morgan fingerprint density at radius 2 is 1.63 bits per heavy atom. The zero-order chi connectivity index (χ0) is 25.8. The Hall–Kier alpha value is -2.74. The summed E-state index contributed by atoms with van der Waals surface area (Å²) in [7, 11) is 3.07. The molecule has 0 saturated carbocycles. The Kier molecular flexibility index (Phi) is 11.9. The third-order valence-corrected chi connectivity index (χ3v) is 6.61. The van der Waals surface area contributed by atoms with Gasteiger partial charge in [0.2, 0.25) is 11.8 Å². The van der Waals surface area contributed by atoms with Crippen LogP contribution in [0.3, 0.4) is 0 Å². The van der Waals surface area contributed by atoms with E-state index in [9.17, 15) is 14.7 Å². The van der Waals surface area contributed by atoms with Gasteiger partial charge in [-0.25, -0.2) is 0 Å². The van der Waals surface area contributed by atoms with E-state index in [1.54, 1.807) is 37.4 Å². The molecule has 192 valence electrons. The van der Waals surface area contributed by atoms with E-state index in [1.165, 1.54) is 24.1 Å². The van der Waals surface area contributed by atoms with Gasteiger partial charge in [-0.1, -0.05) is 67.6 Å². The zero-order valence-corrected chi connectivity index (χ0v) is 22.6. The number of nitrogens with one attached hydrogen (secondary N) is 1. The molecule has 0 bridgehead atoms. The smallest absolute Gasteiger partial charge is 0.247 e. The fourth-order valence-corrected chi connectivity index (χ4v) is 4.34. The number of unbranched alkanes of at least 4 members (excludes halogenated alkanes) is 3. The average molecular weight is 550 g/mol. The normalized spacial score (nSPS) is 12.5. The molecule has 2 amide bonds. The molecular formula is C27H37BrN2O5. The van der Waals surface area contributed by atoms with E-state index in [4.69, 9.17) is 9.47 Å². The number of phenols is 1. The molecule has 2 aromatic rings. The standard InChI is InChI=1S/C27H37BrN2O5/c1-5-7-9-17-29-26(32)25(19-11-14-21(31)15-12-19)30(27(33)22(28)10-8-6-2)20-13-16-23(34-3)24(18-20)35-4/h11-16,18,22,25,31H,5-10,17H2,1-4H3,(H,29,32). The molecule has 2 unspecified atom stereocenters. The second-order valence-electron chi connectivity index (χ2n) is 8.35. The first kappa shape index (κ1) is 28.5. The van der Waals surface area contributed by atoms with Crippen LogP contribution < -0.4 is 19.7 Å². The quantitative estimate of drug-likeness (QED) is 0.232. The number of nitrogens with zero attached hydrogens (tertiary/aromatic N) is 1. The minimum Gasteiger partial charge on any atom is -0.508 e. The summed E-state index contributed by atoms with van der Waals surface area (Å²) in [5.74, 6) is 0.546. The summed E-state index contributed by atoms with van der Waals surface area (Å²) in [6, 6.07) is 10.6. The molecule has 2 N–H and O–H groups in total. The molecule has 7 nitrogen and oxygen atoms in total. The first-order valence-corrected chi connectivity index (χ1v) is 13.0. The monoisotopic (exact) mass is 548 g/mol. The molecule has 0 aliphatic carbocycles. The fourth-order valence-electron chi connectivity index (χ4n) is 3.79. The van der Waals surface area contributed by atoms with Gasteiger partial charge in [0.15, 0.2) is 11.5 Å². The molecule has 0 aliphatic heterocycles. The van der Waals surface area contributed by atoms with Crippen molar-refractivity contribution in [2.75, 3.05) is 25.7 Å². The highest BCUT2D eigenvalue weighted by Crippen LogP contribution is 2.37. The summed E-state index contributed by atoms with van der Waals surface area (Å²) in [4.78, 5) is 28.5. The van der Waals surface area contributed by atoms with Crippen molar-refractivity contribution in [2.24, 2.45) is 0 Å². The van der Waals surface area contributed by atoms with Crippen LogP contribution in [-0.4, -0.2) is 42.5 Å². The van der Waals surface area contributed by atoms with Crippen molar-refractivity contribution >= 4 is 33.4 Å². The van der Waals surface area contributed by atoms with Crippen LogP contribution in [0.5, 0.6) is 17.2 Å². The number of ether oxygens (including phenoxy) is 2. The van der Waals surface area contributed by atoms with E-state index < -0.39 is 10.9 Å². The number of amides is 2. The summed E-state index contributed by atoms with van der Waals surface area (Å²) < 4.78 is 10.8. The highest BCUT2D eigenvalue weighted by Gasteiger charge is 2.35. The molecule has 2 rings (SSSR count). The fraction of sp³-hybridized carbons (Fsp3) is 0.481. The van der Waals surface area contributed by atoms with Crippen molar-refractivity contribution in [1.82, 2.24) is 5.32 Å². The second-order valence-corrected chi connectivity index (χ2v) is 9.45. The maximum Gasteiger partial charge on any atom is 0.247 e. The summed E-state index contributed by atoms with van der Waals surface area (Å²) in [5, 5.41) is 12.8. The number of carbonyl (C=O) groups excluding carboxylic acids is 2. The maximum absolute atomic E-state index is 13.8. The van der Waals surface area contributed by atoms with Crippen molar-refractivity contribution in [3.8, 4) is 17.2 Å². The van der Waals surface area contributed by atoms with Gasteiger partial charge in [-0.05, 0) is 42.7 Å². The minimum atomic E-state index is -0.940. The SMILES string of the molecule is CCCCCNC(=O)C(c1ccc(O)cc1)N(C(=O)C(Br)CCCC)c1ccc(OC)c(OC)c1. The lowest BCUT2D eigenvalue weighted by Crippen LogP contribution is -2.46. The third kappa shape index (κ3) is 7.88. The largest absolute Gasteiger partial charge is 0.508 e. The van der Waals surface area contributed by atoms with Gasteiger partial charge in [-0.2, -0.15) is 0 Å². The number of rotatable bonds is 14. The molecule has 0 radical (unpaired) electrons. The van der Waals surface area contributed by atoms with E-state index in [2.05, 4.69) is 35.1 Å². The highest BCUT2D eigenvalue weighted by atomic mass is 79.9. The molecule has 2 atom stereocenters. The number of anilines is 1. The molecule has 2 aromatic carbocycles. The van der Waals surface area contributed by atoms with Crippen LogP contribution in [0, 0.1) is 0 Å². The molecule has 35 heavy (non-hydrogen) atoms. The van der Waals surface area contributed by atoms with E-state index in [-0.39, 0.29) is 17.6 Å². The van der Waals surface area contributed by atoms with Gasteiger partial charge in [0.05, 0.1) is 19.0 Å². The molecular weight excluding hydrogens is 512 g/mol. The average Bonchev–Trinajstić information content (AvgIpc) is 2.88. The number of alkyl halides is 1. The first-order chi connectivity index (χ1) is 16.9. The Bertz CT molecular complexity index is 951. The van der Waals surface area contributed by atoms with Crippen LogP contribution in [-0.2, 0) is 9.59 Å². The van der Waals surface area contributed by atoms with Crippen LogP contribution in [0.2, 0.25) is 0 Å². The van der Waals surface area contributed by atoms with Crippen LogP contribution in [0.4, 0.5) is 5.69 Å². The highest BCUT2D eigenvalue weighted by molar-refractivity contribution is 9.10. The van der Waals surface area contributed by atoms with Crippen molar-refractivity contribution in [2.45, 2.75) is 63.2 Å². The number of halogens is 1. The lowest BCUT2D eigenvalue weighted by Gasteiger charge is -2.33. The molecule has 0 spiro atoms. The molecule has 0 fully saturated rings. The second kappa shape index (κ2) is 14.6. The maximum atomic E-state index is 13.8. The van der Waals surface area contributed by atoms with Gasteiger partial charge in [0, 0.05) is 18.3 Å². The minimum absolute atomic E-state index is 0.0844. The van der Waals surface area contributed by atoms with Gasteiger partial charge in [-0.3, -0.25) is 14.5 Å². The molecule has 0 saturated heterocycles. The lowest BCUT2D eigenvalue weighted by molar-refractivity contribution is -0.126. The number of benzene rings is 2. The number of phenolic OH excluding ortho intramolecular Hbond substituents is 1. The summed E-state index contributed by atoms with van der Waals surface area (Å²) in [5.41, 5.74) is 1.10. The Labute approximate surface area is 216 Å². The van der Waals surface area contributed by atoms with E-state index >= 15 is 0 Å². The number of hydrogen-bond acceptors (Lipinski definition) is 5.